The van der Waals surface area contributed by atoms with Crippen molar-refractivity contribution in [2.24, 2.45) is 11.8 Å². The SMILES string of the molecule is CC(C)CN1CCCC(C(=O)c2ccc3c(c2)CCN(CS(=O)[O-])C3)C1. The Morgan fingerprint density at radius 1 is 1.27 bits per heavy atom. The number of carbonyl (C=O) groups is 1. The van der Waals surface area contributed by atoms with Crippen molar-refractivity contribution in [3.63, 3.8) is 0 Å². The Labute approximate surface area is 159 Å². The third-order valence-electron chi connectivity index (χ3n) is 5.37. The molecule has 0 bridgehead atoms. The summed E-state index contributed by atoms with van der Waals surface area (Å²) in [6.45, 7) is 8.85. The van der Waals surface area contributed by atoms with Gasteiger partial charge in [0.15, 0.2) is 5.78 Å². The van der Waals surface area contributed by atoms with Gasteiger partial charge in [0.1, 0.15) is 0 Å². The summed E-state index contributed by atoms with van der Waals surface area (Å²) in [7, 11) is 0. The Bertz CT molecular complexity index is 677. The number of ketones is 1. The molecule has 0 aromatic heterocycles. The number of nitrogens with zero attached hydrogens (tertiary/aromatic N) is 2. The Hall–Kier alpha value is -1.08. The van der Waals surface area contributed by atoms with E-state index in [-0.39, 0.29) is 17.6 Å². The molecule has 1 saturated heterocycles. The lowest BCUT2D eigenvalue weighted by atomic mass is 9.87. The van der Waals surface area contributed by atoms with E-state index in [1.54, 1.807) is 0 Å². The quantitative estimate of drug-likeness (QED) is 0.563. The second-order valence-electron chi connectivity index (χ2n) is 8.08. The van der Waals surface area contributed by atoms with Crippen molar-refractivity contribution >= 4 is 16.9 Å². The van der Waals surface area contributed by atoms with Gasteiger partial charge in [-0.1, -0.05) is 26.0 Å². The van der Waals surface area contributed by atoms with E-state index in [1.807, 2.05) is 23.1 Å². The minimum atomic E-state index is -2.05. The van der Waals surface area contributed by atoms with Crippen LogP contribution in [0.1, 0.15) is 48.2 Å². The minimum Gasteiger partial charge on any atom is -0.771 e. The monoisotopic (exact) mass is 377 g/mol. The van der Waals surface area contributed by atoms with E-state index in [4.69, 9.17) is 0 Å². The highest BCUT2D eigenvalue weighted by Gasteiger charge is 2.27. The number of carbonyl (C=O) groups excluding carboxylic acids is 1. The topological polar surface area (TPSA) is 63.7 Å². The minimum absolute atomic E-state index is 0.0773. The van der Waals surface area contributed by atoms with Gasteiger partial charge in [-0.05, 0) is 60.0 Å². The normalized spacial score (nSPS) is 23.0. The smallest absolute Gasteiger partial charge is 0.167 e. The van der Waals surface area contributed by atoms with Crippen molar-refractivity contribution in [2.75, 3.05) is 32.1 Å². The lowest BCUT2D eigenvalue weighted by molar-refractivity contribution is 0.0806. The van der Waals surface area contributed by atoms with Gasteiger partial charge in [0, 0.05) is 37.7 Å². The van der Waals surface area contributed by atoms with Crippen molar-refractivity contribution in [3.05, 3.63) is 34.9 Å². The van der Waals surface area contributed by atoms with Crippen molar-refractivity contribution in [3.8, 4) is 0 Å². The van der Waals surface area contributed by atoms with Gasteiger partial charge in [-0.15, -0.1) is 0 Å². The number of rotatable bonds is 6. The van der Waals surface area contributed by atoms with Gasteiger partial charge in [-0.2, -0.15) is 0 Å². The van der Waals surface area contributed by atoms with E-state index in [0.717, 1.165) is 56.6 Å². The molecule has 3 rings (SSSR count). The average molecular weight is 378 g/mol. The predicted molar refractivity (Wildman–Crippen MR) is 103 cm³/mol. The highest BCUT2D eigenvalue weighted by molar-refractivity contribution is 7.79. The average Bonchev–Trinajstić information content (AvgIpc) is 2.60. The third-order valence-corrected chi connectivity index (χ3v) is 5.95. The second-order valence-corrected chi connectivity index (χ2v) is 8.94. The number of fused-ring (bicyclic) bond motifs is 1. The van der Waals surface area contributed by atoms with Crippen molar-refractivity contribution in [1.29, 1.82) is 0 Å². The van der Waals surface area contributed by atoms with Gasteiger partial charge >= 0.3 is 0 Å². The molecule has 2 aliphatic heterocycles. The molecule has 0 radical (unpaired) electrons. The largest absolute Gasteiger partial charge is 0.771 e. The highest BCUT2D eigenvalue weighted by Crippen LogP contribution is 2.25. The van der Waals surface area contributed by atoms with Crippen LogP contribution >= 0.6 is 0 Å². The molecular formula is C20H29N2O3S-. The van der Waals surface area contributed by atoms with Crippen LogP contribution in [0.3, 0.4) is 0 Å². The molecule has 2 heterocycles. The second kappa shape index (κ2) is 8.74. The number of piperidine rings is 1. The third kappa shape index (κ3) is 5.00. The van der Waals surface area contributed by atoms with Gasteiger partial charge in [0.25, 0.3) is 0 Å². The predicted octanol–water partition coefficient (Wildman–Crippen LogP) is 2.43. The van der Waals surface area contributed by atoms with E-state index in [9.17, 15) is 13.6 Å². The molecule has 0 N–H and O–H groups in total. The lowest BCUT2D eigenvalue weighted by Crippen LogP contribution is -2.40. The fourth-order valence-corrected chi connectivity index (χ4v) is 4.73. The summed E-state index contributed by atoms with van der Waals surface area (Å²) in [5.41, 5.74) is 3.16. The van der Waals surface area contributed by atoms with E-state index < -0.39 is 11.1 Å². The maximum Gasteiger partial charge on any atom is 0.167 e. The molecule has 0 aliphatic carbocycles. The number of likely N-dealkylation sites (tertiary alicyclic amines) is 1. The molecule has 5 nitrogen and oxygen atoms in total. The van der Waals surface area contributed by atoms with Crippen molar-refractivity contribution in [1.82, 2.24) is 9.80 Å². The van der Waals surface area contributed by atoms with E-state index in [2.05, 4.69) is 18.7 Å². The zero-order valence-corrected chi connectivity index (χ0v) is 16.6. The van der Waals surface area contributed by atoms with Crippen LogP contribution in [0.2, 0.25) is 0 Å². The Morgan fingerprint density at radius 3 is 2.81 bits per heavy atom. The molecule has 0 spiro atoms. The van der Waals surface area contributed by atoms with Crippen LogP contribution in [-0.2, 0) is 24.0 Å². The van der Waals surface area contributed by atoms with Crippen LogP contribution < -0.4 is 0 Å². The van der Waals surface area contributed by atoms with Gasteiger partial charge in [0.2, 0.25) is 0 Å². The zero-order chi connectivity index (χ0) is 18.7. The summed E-state index contributed by atoms with van der Waals surface area (Å²) in [6, 6.07) is 5.99. The molecule has 1 aromatic carbocycles. The molecular weight excluding hydrogens is 348 g/mol. The molecule has 26 heavy (non-hydrogen) atoms. The Kier molecular flexibility index (Phi) is 6.61. The van der Waals surface area contributed by atoms with Crippen LogP contribution in [0.4, 0.5) is 0 Å². The van der Waals surface area contributed by atoms with Crippen molar-refractivity contribution in [2.45, 2.75) is 39.7 Å². The summed E-state index contributed by atoms with van der Waals surface area (Å²) < 4.78 is 21.8. The number of Topliss-reactive ketones (excluding diaryl/α,β-unsaturated/α-hetero) is 1. The number of hydrogen-bond donors (Lipinski definition) is 0. The van der Waals surface area contributed by atoms with Crippen molar-refractivity contribution < 1.29 is 13.6 Å². The van der Waals surface area contributed by atoms with E-state index in [0.29, 0.717) is 12.5 Å². The van der Waals surface area contributed by atoms with E-state index >= 15 is 0 Å². The first-order valence-corrected chi connectivity index (χ1v) is 10.8. The fraction of sp³-hybridized carbons (Fsp3) is 0.650. The first-order valence-electron chi connectivity index (χ1n) is 9.59. The van der Waals surface area contributed by atoms with Crippen LogP contribution in [0.5, 0.6) is 0 Å². The molecule has 6 heteroatoms. The summed E-state index contributed by atoms with van der Waals surface area (Å²) >= 11 is -2.05. The molecule has 2 unspecified atom stereocenters. The molecule has 0 saturated carbocycles. The first kappa shape index (κ1) is 19.7. The van der Waals surface area contributed by atoms with Gasteiger partial charge < -0.3 is 9.45 Å². The zero-order valence-electron chi connectivity index (χ0n) is 15.8. The first-order chi connectivity index (χ1) is 12.4. The Balaban J connectivity index is 1.66. The summed E-state index contributed by atoms with van der Waals surface area (Å²) in [6.07, 6.45) is 2.88. The van der Waals surface area contributed by atoms with E-state index in [1.165, 1.54) is 5.56 Å². The lowest BCUT2D eigenvalue weighted by Gasteiger charge is -2.33. The maximum atomic E-state index is 13.0. The fourth-order valence-electron chi connectivity index (χ4n) is 4.21. The van der Waals surface area contributed by atoms with Gasteiger partial charge in [-0.3, -0.25) is 13.9 Å². The summed E-state index contributed by atoms with van der Waals surface area (Å²) in [5.74, 6) is 1.07. The highest BCUT2D eigenvalue weighted by atomic mass is 32.2. The van der Waals surface area contributed by atoms with Gasteiger partial charge in [-0.25, -0.2) is 0 Å². The van der Waals surface area contributed by atoms with Crippen LogP contribution in [-0.4, -0.2) is 56.4 Å². The van der Waals surface area contributed by atoms with Crippen LogP contribution in [0, 0.1) is 11.8 Å². The molecule has 2 atom stereocenters. The molecule has 144 valence electrons. The maximum absolute atomic E-state index is 13.0. The molecule has 1 aromatic rings. The van der Waals surface area contributed by atoms with Crippen LogP contribution in [0.25, 0.3) is 0 Å². The molecule has 0 amide bonds. The molecule has 1 fully saturated rings. The summed E-state index contributed by atoms with van der Waals surface area (Å²) in [4.78, 5) is 17.4. The summed E-state index contributed by atoms with van der Waals surface area (Å²) in [5, 5.41) is 0. The standard InChI is InChI=1S/C20H30N2O3S/c1-15(2)11-21-8-3-4-19(13-21)20(23)17-5-6-18-12-22(14-26(24)25)9-7-16(18)10-17/h5-6,10,15,19H,3-4,7-9,11-14H2,1-2H3,(H,24,25)/p-1. The molecule has 2 aliphatic rings. The number of hydrogen-bond acceptors (Lipinski definition) is 5. The number of benzene rings is 1. The van der Waals surface area contributed by atoms with Gasteiger partial charge in [0.05, 0.1) is 5.88 Å². The van der Waals surface area contributed by atoms with Crippen LogP contribution in [0.15, 0.2) is 18.2 Å². The Morgan fingerprint density at radius 2 is 2.08 bits per heavy atom.